The summed E-state index contributed by atoms with van der Waals surface area (Å²) in [6, 6.07) is 1.44. The molecule has 68 valence electrons. The number of nitrogens with one attached hydrogen (secondary N) is 1. The molecule has 0 bridgehead atoms. The number of amides is 2. The van der Waals surface area contributed by atoms with Crippen LogP contribution in [0.25, 0.3) is 0 Å². The fourth-order valence-electron chi connectivity index (χ4n) is 0.877. The van der Waals surface area contributed by atoms with Crippen molar-refractivity contribution in [3.63, 3.8) is 0 Å². The summed E-state index contributed by atoms with van der Waals surface area (Å²) in [5.74, 6) is -0.617. The number of hydrogen-bond donors (Lipinski definition) is 2. The number of aromatic nitrogens is 1. The van der Waals surface area contributed by atoms with E-state index in [1.807, 2.05) is 0 Å². The van der Waals surface area contributed by atoms with Crippen molar-refractivity contribution in [1.82, 2.24) is 4.98 Å². The number of primary amides is 1. The van der Waals surface area contributed by atoms with Crippen LogP contribution in [-0.4, -0.2) is 17.3 Å². The van der Waals surface area contributed by atoms with Crippen molar-refractivity contribution in [2.24, 2.45) is 5.73 Å². The molecule has 0 radical (unpaired) electrons. The number of pyridine rings is 1. The van der Waals surface area contributed by atoms with Crippen molar-refractivity contribution in [1.29, 1.82) is 0 Å². The van der Waals surface area contributed by atoms with Crippen molar-refractivity contribution in [2.75, 3.05) is 5.32 Å². The maximum Gasteiger partial charge on any atom is 0.267 e. The molecule has 0 aliphatic heterocycles. The molecule has 0 fully saturated rings. The molecule has 0 unspecified atom stereocenters. The van der Waals surface area contributed by atoms with Crippen molar-refractivity contribution in [3.8, 4) is 0 Å². The zero-order valence-corrected chi connectivity index (χ0v) is 7.07. The van der Waals surface area contributed by atoms with Crippen molar-refractivity contribution >= 4 is 18.0 Å². The Bertz CT molecular complexity index is 349. The molecule has 1 aromatic rings. The van der Waals surface area contributed by atoms with E-state index in [9.17, 15) is 9.59 Å². The molecule has 1 rings (SSSR count). The summed E-state index contributed by atoms with van der Waals surface area (Å²) in [7, 11) is 0. The van der Waals surface area contributed by atoms with Crippen molar-refractivity contribution in [3.05, 3.63) is 23.5 Å². The Morgan fingerprint density at radius 3 is 2.92 bits per heavy atom. The lowest BCUT2D eigenvalue weighted by Crippen LogP contribution is -2.13. The molecule has 1 aromatic heterocycles. The first-order chi connectivity index (χ1) is 6.15. The summed E-state index contributed by atoms with van der Waals surface area (Å²) < 4.78 is 0. The topological polar surface area (TPSA) is 85.1 Å². The Morgan fingerprint density at radius 2 is 2.38 bits per heavy atom. The molecule has 1 heterocycles. The first-order valence-corrected chi connectivity index (χ1v) is 3.62. The second-order valence-electron chi connectivity index (χ2n) is 2.51. The van der Waals surface area contributed by atoms with Gasteiger partial charge in [-0.2, -0.15) is 0 Å². The van der Waals surface area contributed by atoms with Crippen LogP contribution in [0.2, 0.25) is 0 Å². The molecule has 5 nitrogen and oxygen atoms in total. The third-order valence-corrected chi connectivity index (χ3v) is 1.57. The van der Waals surface area contributed by atoms with Gasteiger partial charge in [0.15, 0.2) is 0 Å². The molecule has 0 saturated carbocycles. The molecule has 2 amide bonds. The average Bonchev–Trinajstić information content (AvgIpc) is 2.08. The van der Waals surface area contributed by atoms with Gasteiger partial charge >= 0.3 is 0 Å². The Kier molecular flexibility index (Phi) is 2.59. The van der Waals surface area contributed by atoms with Gasteiger partial charge in [0.05, 0.1) is 0 Å². The molecule has 0 spiro atoms. The highest BCUT2D eigenvalue weighted by Crippen LogP contribution is 2.13. The van der Waals surface area contributed by atoms with Crippen LogP contribution in [0.1, 0.15) is 16.1 Å². The quantitative estimate of drug-likeness (QED) is 0.643. The van der Waals surface area contributed by atoms with Crippen LogP contribution in [0, 0.1) is 6.92 Å². The van der Waals surface area contributed by atoms with Crippen LogP contribution in [0.5, 0.6) is 0 Å². The van der Waals surface area contributed by atoms with E-state index < -0.39 is 5.91 Å². The van der Waals surface area contributed by atoms with Gasteiger partial charge in [0, 0.05) is 11.9 Å². The van der Waals surface area contributed by atoms with Gasteiger partial charge in [0.2, 0.25) is 6.41 Å². The number of anilines is 1. The second kappa shape index (κ2) is 3.66. The standard InChI is InChI=1S/C8H9N3O2/c1-5-3-10-7(8(9)13)2-6(5)11-4-12/h2-4H,1H3,(H2,9,13)(H,10,11,12). The molecule has 0 atom stereocenters. The van der Waals surface area contributed by atoms with E-state index in [0.717, 1.165) is 5.56 Å². The van der Waals surface area contributed by atoms with Crippen LogP contribution in [0.15, 0.2) is 12.3 Å². The van der Waals surface area contributed by atoms with E-state index in [-0.39, 0.29) is 5.69 Å². The SMILES string of the molecule is Cc1cnc(C(N)=O)cc1NC=O. The second-order valence-corrected chi connectivity index (χ2v) is 2.51. The summed E-state index contributed by atoms with van der Waals surface area (Å²) in [5, 5.41) is 2.44. The monoisotopic (exact) mass is 179 g/mol. The van der Waals surface area contributed by atoms with E-state index in [1.165, 1.54) is 12.3 Å². The van der Waals surface area contributed by atoms with Gasteiger partial charge in [-0.3, -0.25) is 14.6 Å². The molecular weight excluding hydrogens is 170 g/mol. The van der Waals surface area contributed by atoms with Gasteiger partial charge in [-0.15, -0.1) is 0 Å². The number of aryl methyl sites for hydroxylation is 1. The van der Waals surface area contributed by atoms with E-state index in [1.54, 1.807) is 6.92 Å². The summed E-state index contributed by atoms with van der Waals surface area (Å²) in [4.78, 5) is 24.7. The van der Waals surface area contributed by atoms with Crippen LogP contribution < -0.4 is 11.1 Å². The van der Waals surface area contributed by atoms with Crippen molar-refractivity contribution < 1.29 is 9.59 Å². The third-order valence-electron chi connectivity index (χ3n) is 1.57. The smallest absolute Gasteiger partial charge is 0.267 e. The lowest BCUT2D eigenvalue weighted by molar-refractivity contribution is -0.105. The van der Waals surface area contributed by atoms with Crippen LogP contribution in [0.3, 0.4) is 0 Å². The third kappa shape index (κ3) is 2.02. The summed E-state index contributed by atoms with van der Waals surface area (Å²) in [6.07, 6.45) is 2.01. The maximum absolute atomic E-state index is 10.7. The van der Waals surface area contributed by atoms with Crippen LogP contribution in [-0.2, 0) is 4.79 Å². The van der Waals surface area contributed by atoms with Crippen molar-refractivity contribution in [2.45, 2.75) is 6.92 Å². The number of carbonyl (C=O) groups is 2. The minimum Gasteiger partial charge on any atom is -0.364 e. The molecule has 13 heavy (non-hydrogen) atoms. The Labute approximate surface area is 75.0 Å². The minimum atomic E-state index is -0.617. The average molecular weight is 179 g/mol. The number of carbonyl (C=O) groups excluding carboxylic acids is 2. The van der Waals surface area contributed by atoms with E-state index in [0.29, 0.717) is 12.1 Å². The summed E-state index contributed by atoms with van der Waals surface area (Å²) >= 11 is 0. The molecule has 0 aromatic carbocycles. The fourth-order valence-corrected chi connectivity index (χ4v) is 0.877. The Hall–Kier alpha value is -1.91. The van der Waals surface area contributed by atoms with E-state index >= 15 is 0 Å². The number of hydrogen-bond acceptors (Lipinski definition) is 3. The predicted molar refractivity (Wildman–Crippen MR) is 47.2 cm³/mol. The van der Waals surface area contributed by atoms with E-state index in [4.69, 9.17) is 5.73 Å². The molecular formula is C8H9N3O2. The number of nitrogens with two attached hydrogens (primary N) is 1. The number of nitrogens with zero attached hydrogens (tertiary/aromatic N) is 1. The zero-order valence-electron chi connectivity index (χ0n) is 7.07. The lowest BCUT2D eigenvalue weighted by atomic mass is 10.2. The molecule has 3 N–H and O–H groups in total. The molecule has 0 saturated heterocycles. The van der Waals surface area contributed by atoms with Gasteiger partial charge in [0.1, 0.15) is 5.69 Å². The molecule has 0 aliphatic carbocycles. The highest BCUT2D eigenvalue weighted by molar-refractivity contribution is 5.92. The molecule has 0 aliphatic rings. The zero-order chi connectivity index (χ0) is 9.84. The summed E-state index contributed by atoms with van der Waals surface area (Å²) in [5.41, 5.74) is 6.46. The normalized spacial score (nSPS) is 9.31. The fraction of sp³-hybridized carbons (Fsp3) is 0.125. The molecule has 5 heteroatoms. The van der Waals surface area contributed by atoms with Gasteiger partial charge in [-0.25, -0.2) is 0 Å². The first kappa shape index (κ1) is 9.18. The maximum atomic E-state index is 10.7. The minimum absolute atomic E-state index is 0.134. The number of rotatable bonds is 3. The van der Waals surface area contributed by atoms with Gasteiger partial charge in [-0.05, 0) is 18.6 Å². The van der Waals surface area contributed by atoms with E-state index in [2.05, 4.69) is 10.3 Å². The van der Waals surface area contributed by atoms with Gasteiger partial charge in [0.25, 0.3) is 5.91 Å². The lowest BCUT2D eigenvalue weighted by Gasteiger charge is -2.03. The largest absolute Gasteiger partial charge is 0.364 e. The van der Waals surface area contributed by atoms with Gasteiger partial charge in [-0.1, -0.05) is 0 Å². The highest BCUT2D eigenvalue weighted by Gasteiger charge is 2.04. The Balaban J connectivity index is 3.10. The predicted octanol–water partition coefficient (Wildman–Crippen LogP) is 0.0572. The van der Waals surface area contributed by atoms with Crippen LogP contribution >= 0.6 is 0 Å². The highest BCUT2D eigenvalue weighted by atomic mass is 16.1. The summed E-state index contributed by atoms with van der Waals surface area (Å²) in [6.45, 7) is 1.77. The first-order valence-electron chi connectivity index (χ1n) is 3.62. The van der Waals surface area contributed by atoms with Gasteiger partial charge < -0.3 is 11.1 Å². The van der Waals surface area contributed by atoms with Crippen LogP contribution in [0.4, 0.5) is 5.69 Å². The Morgan fingerprint density at radius 1 is 1.69 bits per heavy atom.